The van der Waals surface area contributed by atoms with Gasteiger partial charge in [0.25, 0.3) is 5.91 Å². The number of hydrogen-bond acceptors (Lipinski definition) is 2. The third-order valence-corrected chi connectivity index (χ3v) is 2.17. The van der Waals surface area contributed by atoms with E-state index in [-0.39, 0.29) is 11.8 Å². The van der Waals surface area contributed by atoms with Crippen LogP contribution in [0.3, 0.4) is 0 Å². The van der Waals surface area contributed by atoms with Gasteiger partial charge in [-0.15, -0.1) is 22.4 Å². The lowest BCUT2D eigenvalue weighted by Crippen LogP contribution is -2.26. The Morgan fingerprint density at radius 2 is 2.20 bits per heavy atom. The van der Waals surface area contributed by atoms with E-state index in [0.29, 0.717) is 10.6 Å². The summed E-state index contributed by atoms with van der Waals surface area (Å²) in [6.07, 6.45) is 1.38. The average Bonchev–Trinajstić information content (AvgIpc) is 2.17. The van der Waals surface area contributed by atoms with Gasteiger partial charge in [0.05, 0.1) is 0 Å². The maximum absolute atomic E-state index is 11.0. The highest BCUT2D eigenvalue weighted by atomic mass is 127. The van der Waals surface area contributed by atoms with E-state index in [2.05, 4.69) is 22.4 Å². The molecule has 1 rings (SSSR count). The second-order valence-corrected chi connectivity index (χ2v) is 2.77. The number of imide groups is 1. The van der Waals surface area contributed by atoms with E-state index in [1.165, 1.54) is 13.1 Å². The molecule has 1 aliphatic rings. The van der Waals surface area contributed by atoms with Gasteiger partial charge < -0.3 is 0 Å². The van der Waals surface area contributed by atoms with Gasteiger partial charge >= 0.3 is 0 Å². The molecule has 5 heteroatoms. The molecule has 1 heterocycles. The van der Waals surface area contributed by atoms with Crippen LogP contribution in [0.15, 0.2) is 11.5 Å². The Kier molecular flexibility index (Phi) is 2.13. The van der Waals surface area contributed by atoms with E-state index in [1.54, 1.807) is 0 Å². The lowest BCUT2D eigenvalue weighted by Gasteiger charge is -2.04. The summed E-state index contributed by atoms with van der Waals surface area (Å²) in [6, 6.07) is 0. The number of hydrogen-bond donors (Lipinski definition) is 0. The zero-order chi connectivity index (χ0) is 7.72. The second kappa shape index (κ2) is 2.73. The normalized spacial score (nSPS) is 17.8. The molecule has 1 aliphatic heterocycles. The highest BCUT2D eigenvalue weighted by Crippen LogP contribution is 2.10. The van der Waals surface area contributed by atoms with Crippen molar-refractivity contribution in [1.82, 2.24) is 4.90 Å². The molecule has 0 aromatic rings. The van der Waals surface area contributed by atoms with Crippen LogP contribution in [0.25, 0.3) is 0 Å². The van der Waals surface area contributed by atoms with Crippen LogP contribution in [0, 0.1) is 0 Å². The SMILES string of the molecule is CN1C(=O)C=C(BI)C1=O. The molecule has 2 amide bonds. The Balaban J connectivity index is 2.89. The molecule has 0 aromatic heterocycles. The predicted octanol–water partition coefficient (Wildman–Crippen LogP) is -0.345. The molecule has 0 unspecified atom stereocenters. The van der Waals surface area contributed by atoms with Gasteiger partial charge in [-0.25, -0.2) is 0 Å². The lowest BCUT2D eigenvalue weighted by molar-refractivity contribution is -0.135. The second-order valence-electron chi connectivity index (χ2n) is 2.01. The zero-order valence-corrected chi connectivity index (χ0v) is 7.58. The van der Waals surface area contributed by atoms with Crippen molar-refractivity contribution in [1.29, 1.82) is 0 Å². The zero-order valence-electron chi connectivity index (χ0n) is 5.43. The van der Waals surface area contributed by atoms with Crippen molar-refractivity contribution in [3.63, 3.8) is 0 Å². The number of carbonyl (C=O) groups excluding carboxylic acids is 2. The topological polar surface area (TPSA) is 37.4 Å². The van der Waals surface area contributed by atoms with Gasteiger partial charge in [0.1, 0.15) is 0 Å². The highest BCUT2D eigenvalue weighted by molar-refractivity contribution is 14.1. The molecule has 0 aromatic carbocycles. The van der Waals surface area contributed by atoms with Crippen molar-refractivity contribution >= 4 is 39.3 Å². The average molecular weight is 249 g/mol. The Morgan fingerprint density at radius 3 is 2.40 bits per heavy atom. The smallest absolute Gasteiger partial charge is 0.252 e. The van der Waals surface area contributed by atoms with Crippen molar-refractivity contribution in [2.45, 2.75) is 0 Å². The van der Waals surface area contributed by atoms with Gasteiger partial charge in [-0.3, -0.25) is 14.5 Å². The van der Waals surface area contributed by atoms with Gasteiger partial charge in [0.15, 0.2) is 0 Å². The van der Waals surface area contributed by atoms with Crippen LogP contribution in [-0.2, 0) is 9.59 Å². The number of nitrogens with zero attached hydrogens (tertiary/aromatic N) is 1. The Labute approximate surface area is 72.6 Å². The monoisotopic (exact) mass is 249 g/mol. The standard InChI is InChI=1S/C5H5BINO2/c1-8-4(9)2-3(6-7)5(8)10/h2,6H,1H3. The van der Waals surface area contributed by atoms with Gasteiger partial charge in [0.2, 0.25) is 11.0 Å². The summed E-state index contributed by atoms with van der Waals surface area (Å²) < 4.78 is 0. The fourth-order valence-electron chi connectivity index (χ4n) is 0.719. The number of carbonyl (C=O) groups is 2. The minimum atomic E-state index is -0.211. The minimum absolute atomic E-state index is 0.167. The van der Waals surface area contributed by atoms with Gasteiger partial charge in [-0.1, -0.05) is 0 Å². The summed E-state index contributed by atoms with van der Waals surface area (Å²) in [5.41, 5.74) is 0.591. The molecule has 0 spiro atoms. The maximum Gasteiger partial charge on any atom is 0.252 e. The first kappa shape index (κ1) is 7.78. The quantitative estimate of drug-likeness (QED) is 0.362. The fourth-order valence-corrected chi connectivity index (χ4v) is 1.27. The van der Waals surface area contributed by atoms with Gasteiger partial charge in [0, 0.05) is 13.1 Å². The molecule has 0 radical (unpaired) electrons. The van der Waals surface area contributed by atoms with Crippen LogP contribution < -0.4 is 0 Å². The first-order valence-corrected chi connectivity index (χ1v) is 4.28. The Morgan fingerprint density at radius 1 is 1.60 bits per heavy atom. The van der Waals surface area contributed by atoms with E-state index in [4.69, 9.17) is 0 Å². The van der Waals surface area contributed by atoms with Crippen LogP contribution in [0.2, 0.25) is 0 Å². The summed E-state index contributed by atoms with van der Waals surface area (Å²) in [6.45, 7) is 0. The number of rotatable bonds is 1. The Bertz CT molecular complexity index is 226. The van der Waals surface area contributed by atoms with Crippen molar-refractivity contribution < 1.29 is 9.59 Å². The van der Waals surface area contributed by atoms with Crippen molar-refractivity contribution in [2.24, 2.45) is 0 Å². The first-order valence-electron chi connectivity index (χ1n) is 2.75. The first-order chi connectivity index (χ1) is 4.66. The molecule has 0 bridgehead atoms. The van der Waals surface area contributed by atoms with Crippen LogP contribution >= 0.6 is 22.4 Å². The fraction of sp³-hybridized carbons (Fsp3) is 0.200. The van der Waals surface area contributed by atoms with Crippen molar-refractivity contribution in [3.05, 3.63) is 11.5 Å². The highest BCUT2D eigenvalue weighted by Gasteiger charge is 2.26. The van der Waals surface area contributed by atoms with Crippen LogP contribution in [0.1, 0.15) is 0 Å². The third kappa shape index (κ3) is 1.09. The molecule has 52 valence electrons. The van der Waals surface area contributed by atoms with Gasteiger partial charge in [-0.05, 0) is 5.47 Å². The summed E-state index contributed by atoms with van der Waals surface area (Å²) in [4.78, 5) is 22.9. The summed E-state index contributed by atoms with van der Waals surface area (Å²) >= 11 is 2.06. The molecule has 10 heavy (non-hydrogen) atoms. The minimum Gasteiger partial charge on any atom is -0.279 e. The van der Waals surface area contributed by atoms with E-state index in [9.17, 15) is 9.59 Å². The summed E-state index contributed by atoms with van der Waals surface area (Å²) in [5, 5.41) is 0.604. The van der Waals surface area contributed by atoms with Crippen LogP contribution in [0.4, 0.5) is 0 Å². The van der Waals surface area contributed by atoms with E-state index in [1.807, 2.05) is 0 Å². The summed E-state index contributed by atoms with van der Waals surface area (Å²) in [7, 11) is 1.49. The molecule has 0 N–H and O–H groups in total. The van der Waals surface area contributed by atoms with Crippen molar-refractivity contribution in [2.75, 3.05) is 7.05 Å². The molecule has 0 fully saturated rings. The van der Waals surface area contributed by atoms with Crippen LogP contribution in [0.5, 0.6) is 0 Å². The molecule has 0 saturated heterocycles. The largest absolute Gasteiger partial charge is 0.279 e. The van der Waals surface area contributed by atoms with Crippen LogP contribution in [-0.4, -0.2) is 28.9 Å². The van der Waals surface area contributed by atoms with Crippen molar-refractivity contribution in [3.8, 4) is 0 Å². The molecular formula is C5H5BINO2. The molecular weight excluding hydrogens is 244 g/mol. The van der Waals surface area contributed by atoms with Gasteiger partial charge in [-0.2, -0.15) is 0 Å². The number of halogens is 1. The Hall–Kier alpha value is -0.325. The maximum atomic E-state index is 11.0. The molecule has 3 nitrogen and oxygen atoms in total. The number of amides is 2. The van der Waals surface area contributed by atoms with E-state index < -0.39 is 0 Å². The molecule has 0 aliphatic carbocycles. The molecule has 0 saturated carbocycles. The lowest BCUT2D eigenvalue weighted by atomic mass is 9.96. The number of likely N-dealkylation sites (N-methyl/N-ethyl adjacent to an activating group) is 1. The summed E-state index contributed by atoms with van der Waals surface area (Å²) in [5.74, 6) is -0.379. The van der Waals surface area contributed by atoms with E-state index >= 15 is 0 Å². The third-order valence-electron chi connectivity index (χ3n) is 1.35. The molecule has 0 atom stereocenters. The van der Waals surface area contributed by atoms with E-state index in [0.717, 1.165) is 4.90 Å². The predicted molar refractivity (Wildman–Crippen MR) is 47.0 cm³/mol.